The van der Waals surface area contributed by atoms with Crippen molar-refractivity contribution in [3.8, 4) is 0 Å². The zero-order valence-corrected chi connectivity index (χ0v) is 6.57. The maximum absolute atomic E-state index is 10.7. The highest BCUT2D eigenvalue weighted by molar-refractivity contribution is 5.95. The first kappa shape index (κ1) is 8.32. The highest BCUT2D eigenvalue weighted by Crippen LogP contribution is 2.05. The van der Waals surface area contributed by atoms with Gasteiger partial charge in [0.1, 0.15) is 5.69 Å². The number of carbonyl (C=O) groups excluding carboxylic acids is 2. The van der Waals surface area contributed by atoms with Crippen LogP contribution in [0.3, 0.4) is 0 Å². The lowest BCUT2D eigenvalue weighted by Crippen LogP contribution is -2.25. The van der Waals surface area contributed by atoms with Crippen molar-refractivity contribution in [3.05, 3.63) is 23.5 Å². The van der Waals surface area contributed by atoms with Crippen LogP contribution in [-0.2, 0) is 0 Å². The molecule has 12 heavy (non-hydrogen) atoms. The number of nitrogens with two attached hydrogens (primary N) is 2. The Hall–Kier alpha value is -1.78. The van der Waals surface area contributed by atoms with E-state index in [0.29, 0.717) is 0 Å². The molecule has 0 unspecified atom stereocenters. The summed E-state index contributed by atoms with van der Waals surface area (Å²) in [5, 5.41) is 0. The monoisotopic (exact) mass is 167 g/mol. The molecule has 0 saturated carbocycles. The Morgan fingerprint density at radius 2 is 2.00 bits per heavy atom. The van der Waals surface area contributed by atoms with E-state index in [-0.39, 0.29) is 5.69 Å². The van der Waals surface area contributed by atoms with Crippen molar-refractivity contribution in [1.29, 1.82) is 0 Å². The zero-order chi connectivity index (χ0) is 9.30. The van der Waals surface area contributed by atoms with E-state index >= 15 is 0 Å². The maximum Gasteiger partial charge on any atom is 0.323 e. The summed E-state index contributed by atoms with van der Waals surface area (Å²) in [4.78, 5) is 21.5. The molecular formula is C7H9N3O2. The van der Waals surface area contributed by atoms with Crippen molar-refractivity contribution in [2.45, 2.75) is 6.92 Å². The number of hydrogen-bond acceptors (Lipinski definition) is 2. The molecule has 0 atom stereocenters. The van der Waals surface area contributed by atoms with Gasteiger partial charge in [-0.2, -0.15) is 0 Å². The molecule has 0 aromatic carbocycles. The van der Waals surface area contributed by atoms with E-state index in [9.17, 15) is 9.59 Å². The fourth-order valence-electron chi connectivity index (χ4n) is 0.968. The zero-order valence-electron chi connectivity index (χ0n) is 6.57. The maximum atomic E-state index is 10.7. The first-order valence-electron chi connectivity index (χ1n) is 3.31. The number of aromatic nitrogens is 1. The van der Waals surface area contributed by atoms with Gasteiger partial charge in [0.25, 0.3) is 5.91 Å². The molecule has 2 amide bonds. The third kappa shape index (κ3) is 1.29. The molecule has 4 N–H and O–H groups in total. The molecule has 5 heteroatoms. The molecule has 1 heterocycles. The summed E-state index contributed by atoms with van der Waals surface area (Å²) in [5.74, 6) is -0.665. The van der Waals surface area contributed by atoms with Gasteiger partial charge in [0.15, 0.2) is 0 Å². The van der Waals surface area contributed by atoms with Gasteiger partial charge >= 0.3 is 6.03 Å². The molecule has 0 spiro atoms. The van der Waals surface area contributed by atoms with Gasteiger partial charge in [-0.3, -0.25) is 9.36 Å². The number of carbonyl (C=O) groups is 2. The van der Waals surface area contributed by atoms with Crippen LogP contribution in [0, 0.1) is 6.92 Å². The topological polar surface area (TPSA) is 91.1 Å². The van der Waals surface area contributed by atoms with E-state index in [1.807, 2.05) is 0 Å². The summed E-state index contributed by atoms with van der Waals surface area (Å²) >= 11 is 0. The summed E-state index contributed by atoms with van der Waals surface area (Å²) in [6, 6.07) is 0.796. The Morgan fingerprint density at radius 1 is 1.42 bits per heavy atom. The highest BCUT2D eigenvalue weighted by Gasteiger charge is 2.11. The van der Waals surface area contributed by atoms with Crippen LogP contribution in [0.25, 0.3) is 0 Å². The minimum atomic E-state index is -0.711. The average Bonchev–Trinajstić information content (AvgIpc) is 2.31. The molecule has 1 aromatic heterocycles. The number of nitrogens with zero attached hydrogens (tertiary/aromatic N) is 1. The molecule has 0 radical (unpaired) electrons. The number of primary amides is 2. The largest absolute Gasteiger partial charge is 0.364 e. The Kier molecular flexibility index (Phi) is 1.86. The second-order valence-corrected chi connectivity index (χ2v) is 2.48. The standard InChI is InChI=1S/C7H9N3O2/c1-4-2-5(6(8)11)10(3-4)7(9)12/h2-3H,1H3,(H2,8,11)(H2,9,12). The lowest BCUT2D eigenvalue weighted by Gasteiger charge is -1.98. The predicted octanol–water partition coefficient (Wildman–Crippen LogP) is -0.178. The number of amides is 2. The molecule has 1 rings (SSSR count). The van der Waals surface area contributed by atoms with E-state index in [2.05, 4.69) is 0 Å². The Labute approximate surface area is 68.9 Å². The van der Waals surface area contributed by atoms with Gasteiger partial charge in [0.05, 0.1) is 0 Å². The first-order valence-corrected chi connectivity index (χ1v) is 3.31. The second kappa shape index (κ2) is 2.69. The molecule has 0 saturated heterocycles. The number of rotatable bonds is 1. The molecule has 1 aromatic rings. The minimum Gasteiger partial charge on any atom is -0.364 e. The summed E-state index contributed by atoms with van der Waals surface area (Å²) in [6.07, 6.45) is 1.46. The normalized spacial score (nSPS) is 9.75. The molecule has 0 aliphatic heterocycles. The third-order valence-electron chi connectivity index (χ3n) is 1.45. The van der Waals surface area contributed by atoms with Crippen LogP contribution in [0.4, 0.5) is 4.79 Å². The van der Waals surface area contributed by atoms with E-state index < -0.39 is 11.9 Å². The minimum absolute atomic E-state index is 0.111. The molecular weight excluding hydrogens is 158 g/mol. The van der Waals surface area contributed by atoms with Crippen molar-refractivity contribution in [3.63, 3.8) is 0 Å². The second-order valence-electron chi connectivity index (χ2n) is 2.48. The molecule has 0 aliphatic rings. The van der Waals surface area contributed by atoms with Crippen molar-refractivity contribution in [2.24, 2.45) is 11.5 Å². The molecule has 0 bridgehead atoms. The first-order chi connectivity index (χ1) is 5.52. The van der Waals surface area contributed by atoms with Crippen LogP contribution in [0.2, 0.25) is 0 Å². The van der Waals surface area contributed by atoms with Gasteiger partial charge in [-0.1, -0.05) is 0 Å². The van der Waals surface area contributed by atoms with E-state index in [0.717, 1.165) is 10.1 Å². The van der Waals surface area contributed by atoms with Gasteiger partial charge in [-0.15, -0.1) is 0 Å². The van der Waals surface area contributed by atoms with Crippen molar-refractivity contribution in [1.82, 2.24) is 4.57 Å². The van der Waals surface area contributed by atoms with E-state index in [1.54, 1.807) is 6.92 Å². The molecule has 64 valence electrons. The molecule has 5 nitrogen and oxygen atoms in total. The highest BCUT2D eigenvalue weighted by atomic mass is 16.2. The summed E-state index contributed by atoms with van der Waals surface area (Å²) in [7, 11) is 0. The van der Waals surface area contributed by atoms with Crippen molar-refractivity contribution >= 4 is 11.9 Å². The van der Waals surface area contributed by atoms with Crippen LogP contribution in [0.1, 0.15) is 16.1 Å². The van der Waals surface area contributed by atoms with Crippen molar-refractivity contribution in [2.75, 3.05) is 0 Å². The van der Waals surface area contributed by atoms with Crippen LogP contribution in [0.15, 0.2) is 12.3 Å². The lowest BCUT2D eigenvalue weighted by atomic mass is 10.3. The predicted molar refractivity (Wildman–Crippen MR) is 42.7 cm³/mol. The third-order valence-corrected chi connectivity index (χ3v) is 1.45. The number of hydrogen-bond donors (Lipinski definition) is 2. The fraction of sp³-hybridized carbons (Fsp3) is 0.143. The average molecular weight is 167 g/mol. The summed E-state index contributed by atoms with van der Waals surface area (Å²) < 4.78 is 1.03. The fourth-order valence-corrected chi connectivity index (χ4v) is 0.968. The smallest absolute Gasteiger partial charge is 0.323 e. The van der Waals surface area contributed by atoms with Gasteiger partial charge < -0.3 is 11.5 Å². The van der Waals surface area contributed by atoms with E-state index in [4.69, 9.17) is 11.5 Å². The summed E-state index contributed by atoms with van der Waals surface area (Å²) in [5.41, 5.74) is 10.9. The number of aryl methyl sites for hydroxylation is 1. The Balaban J connectivity index is 3.26. The summed E-state index contributed by atoms with van der Waals surface area (Å²) in [6.45, 7) is 1.74. The van der Waals surface area contributed by atoms with E-state index in [1.165, 1.54) is 12.3 Å². The van der Waals surface area contributed by atoms with Crippen LogP contribution >= 0.6 is 0 Å². The molecule has 0 aliphatic carbocycles. The lowest BCUT2D eigenvalue weighted by molar-refractivity contribution is 0.0992. The van der Waals surface area contributed by atoms with Gasteiger partial charge in [0, 0.05) is 6.20 Å². The van der Waals surface area contributed by atoms with Gasteiger partial charge in [0.2, 0.25) is 0 Å². The Bertz CT molecular complexity index is 309. The van der Waals surface area contributed by atoms with Crippen molar-refractivity contribution < 1.29 is 9.59 Å². The SMILES string of the molecule is Cc1cc(C(N)=O)n(C(N)=O)c1. The van der Waals surface area contributed by atoms with Gasteiger partial charge in [-0.05, 0) is 18.6 Å². The van der Waals surface area contributed by atoms with Crippen LogP contribution in [-0.4, -0.2) is 16.5 Å². The van der Waals surface area contributed by atoms with Crippen LogP contribution < -0.4 is 11.5 Å². The quantitative estimate of drug-likeness (QED) is 0.607. The Morgan fingerprint density at radius 3 is 2.33 bits per heavy atom. The van der Waals surface area contributed by atoms with Gasteiger partial charge in [-0.25, -0.2) is 4.79 Å². The molecule has 0 fully saturated rings. The van der Waals surface area contributed by atoms with Crippen LogP contribution in [0.5, 0.6) is 0 Å².